The molecule has 1 aliphatic heterocycles. The molecule has 1 atom stereocenters. The molecule has 6 heteroatoms. The van der Waals surface area contributed by atoms with Gasteiger partial charge in [0.1, 0.15) is 5.69 Å². The molecule has 2 heterocycles. The maximum absolute atomic E-state index is 12.7. The molecule has 0 unspecified atom stereocenters. The fourth-order valence-corrected chi connectivity index (χ4v) is 3.19. The van der Waals surface area contributed by atoms with Crippen molar-refractivity contribution in [1.29, 1.82) is 0 Å². The van der Waals surface area contributed by atoms with Crippen LogP contribution in [-0.4, -0.2) is 35.4 Å². The van der Waals surface area contributed by atoms with Gasteiger partial charge in [0, 0.05) is 31.4 Å². The molecule has 0 radical (unpaired) electrons. The summed E-state index contributed by atoms with van der Waals surface area (Å²) in [4.78, 5) is 12.7. The van der Waals surface area contributed by atoms with Crippen LogP contribution >= 0.6 is 0 Å². The summed E-state index contributed by atoms with van der Waals surface area (Å²) >= 11 is 0. The summed E-state index contributed by atoms with van der Waals surface area (Å²) in [5.74, 6) is -0.185. The highest BCUT2D eigenvalue weighted by Crippen LogP contribution is 2.22. The van der Waals surface area contributed by atoms with Gasteiger partial charge in [0.2, 0.25) is 0 Å². The van der Waals surface area contributed by atoms with Crippen molar-refractivity contribution in [3.63, 3.8) is 0 Å². The lowest BCUT2D eigenvalue weighted by Crippen LogP contribution is -2.33. The third kappa shape index (κ3) is 3.92. The maximum Gasteiger partial charge on any atom is 0.273 e. The Bertz CT molecular complexity index is 913. The van der Waals surface area contributed by atoms with Crippen LogP contribution in [0.5, 0.6) is 0 Å². The molecule has 1 fully saturated rings. The van der Waals surface area contributed by atoms with Gasteiger partial charge in [0.25, 0.3) is 5.91 Å². The molecule has 1 aromatic heterocycles. The number of aryl methyl sites for hydroxylation is 1. The van der Waals surface area contributed by atoms with E-state index in [4.69, 9.17) is 4.74 Å². The van der Waals surface area contributed by atoms with Crippen molar-refractivity contribution in [2.45, 2.75) is 6.10 Å². The van der Waals surface area contributed by atoms with E-state index in [9.17, 15) is 4.79 Å². The number of nitrogens with zero attached hydrogens (tertiary/aromatic N) is 2. The number of nitrogens with one attached hydrogen (secondary N) is 2. The summed E-state index contributed by atoms with van der Waals surface area (Å²) in [6.45, 7) is 2.41. The highest BCUT2D eigenvalue weighted by atomic mass is 16.5. The van der Waals surface area contributed by atoms with Crippen molar-refractivity contribution in [3.8, 4) is 11.3 Å². The Kier molecular flexibility index (Phi) is 5.00. The van der Waals surface area contributed by atoms with Gasteiger partial charge in [-0.1, -0.05) is 42.5 Å². The predicted octanol–water partition coefficient (Wildman–Crippen LogP) is 3.00. The first kappa shape index (κ1) is 17.5. The Labute approximate surface area is 158 Å². The van der Waals surface area contributed by atoms with Gasteiger partial charge < -0.3 is 15.4 Å². The number of carbonyl (C=O) groups is 1. The Hall–Kier alpha value is -2.96. The van der Waals surface area contributed by atoms with E-state index >= 15 is 0 Å². The summed E-state index contributed by atoms with van der Waals surface area (Å²) in [7, 11) is 1.78. The minimum Gasteiger partial charge on any atom is -0.371 e. The number of amides is 1. The van der Waals surface area contributed by atoms with Crippen LogP contribution in [0.2, 0.25) is 0 Å². The van der Waals surface area contributed by atoms with Crippen molar-refractivity contribution in [2.75, 3.05) is 25.0 Å². The fraction of sp³-hybridized carbons (Fsp3) is 0.238. The SMILES string of the molecule is Cn1nc(-c2ccccc2)cc1C(=O)Nc1ccc([C@H]2CNCCO2)cc1. The van der Waals surface area contributed by atoms with Gasteiger partial charge in [-0.2, -0.15) is 5.10 Å². The number of rotatable bonds is 4. The summed E-state index contributed by atoms with van der Waals surface area (Å²) in [6, 6.07) is 19.4. The predicted molar refractivity (Wildman–Crippen MR) is 105 cm³/mol. The molecule has 3 aromatic rings. The zero-order chi connectivity index (χ0) is 18.6. The molecule has 0 spiro atoms. The fourth-order valence-electron chi connectivity index (χ4n) is 3.19. The summed E-state index contributed by atoms with van der Waals surface area (Å²) in [5.41, 5.74) is 4.12. The van der Waals surface area contributed by atoms with E-state index < -0.39 is 0 Å². The van der Waals surface area contributed by atoms with Gasteiger partial charge in [-0.25, -0.2) is 0 Å². The van der Waals surface area contributed by atoms with Crippen LogP contribution in [-0.2, 0) is 11.8 Å². The van der Waals surface area contributed by atoms with Gasteiger partial charge >= 0.3 is 0 Å². The van der Waals surface area contributed by atoms with E-state index in [0.29, 0.717) is 12.3 Å². The van der Waals surface area contributed by atoms with E-state index in [0.717, 1.165) is 35.6 Å². The average Bonchev–Trinajstić information content (AvgIpc) is 3.12. The standard InChI is InChI=1S/C21H22N4O2/c1-25-19(13-18(24-25)15-5-3-2-4-6-15)21(26)23-17-9-7-16(8-10-17)20-14-22-11-12-27-20/h2-10,13,20,22H,11-12,14H2,1H3,(H,23,26)/t20-/m1/s1. The molecule has 4 rings (SSSR count). The van der Waals surface area contributed by atoms with Crippen LogP contribution in [0.3, 0.4) is 0 Å². The van der Waals surface area contributed by atoms with E-state index in [-0.39, 0.29) is 12.0 Å². The van der Waals surface area contributed by atoms with Gasteiger partial charge in [-0.05, 0) is 23.8 Å². The Balaban J connectivity index is 1.47. The van der Waals surface area contributed by atoms with Crippen molar-refractivity contribution in [1.82, 2.24) is 15.1 Å². The highest BCUT2D eigenvalue weighted by Gasteiger charge is 2.17. The van der Waals surface area contributed by atoms with E-state index in [1.807, 2.05) is 54.6 Å². The first-order valence-electron chi connectivity index (χ1n) is 9.04. The summed E-state index contributed by atoms with van der Waals surface area (Å²) < 4.78 is 7.36. The van der Waals surface area contributed by atoms with Crippen LogP contribution < -0.4 is 10.6 Å². The summed E-state index contributed by atoms with van der Waals surface area (Å²) in [6.07, 6.45) is 0.0639. The number of carbonyl (C=O) groups excluding carboxylic acids is 1. The van der Waals surface area contributed by atoms with Crippen molar-refractivity contribution in [3.05, 3.63) is 71.9 Å². The number of hydrogen-bond donors (Lipinski definition) is 2. The lowest BCUT2D eigenvalue weighted by molar-refractivity contribution is 0.0277. The monoisotopic (exact) mass is 362 g/mol. The maximum atomic E-state index is 12.7. The number of hydrogen-bond acceptors (Lipinski definition) is 4. The largest absolute Gasteiger partial charge is 0.371 e. The molecular weight excluding hydrogens is 340 g/mol. The molecule has 2 N–H and O–H groups in total. The van der Waals surface area contributed by atoms with Crippen LogP contribution in [0.25, 0.3) is 11.3 Å². The molecule has 6 nitrogen and oxygen atoms in total. The minimum atomic E-state index is -0.185. The second-order valence-corrected chi connectivity index (χ2v) is 6.54. The second kappa shape index (κ2) is 7.73. The van der Waals surface area contributed by atoms with Crippen molar-refractivity contribution >= 4 is 11.6 Å². The van der Waals surface area contributed by atoms with Crippen LogP contribution in [0, 0.1) is 0 Å². The lowest BCUT2D eigenvalue weighted by atomic mass is 10.1. The summed E-state index contributed by atoms with van der Waals surface area (Å²) in [5, 5.41) is 10.7. The average molecular weight is 362 g/mol. The molecule has 27 heavy (non-hydrogen) atoms. The zero-order valence-corrected chi connectivity index (χ0v) is 15.2. The number of ether oxygens (including phenoxy) is 1. The third-order valence-corrected chi connectivity index (χ3v) is 4.65. The molecule has 2 aromatic carbocycles. The number of benzene rings is 2. The molecule has 1 saturated heterocycles. The number of anilines is 1. The minimum absolute atomic E-state index is 0.0639. The van der Waals surface area contributed by atoms with E-state index in [1.165, 1.54) is 0 Å². The Morgan fingerprint density at radius 3 is 2.67 bits per heavy atom. The van der Waals surface area contributed by atoms with Crippen LogP contribution in [0.4, 0.5) is 5.69 Å². The molecule has 1 amide bonds. The van der Waals surface area contributed by atoms with Crippen LogP contribution in [0.1, 0.15) is 22.2 Å². The first-order chi connectivity index (χ1) is 13.2. The molecule has 138 valence electrons. The third-order valence-electron chi connectivity index (χ3n) is 4.65. The zero-order valence-electron chi connectivity index (χ0n) is 15.2. The molecule has 1 aliphatic rings. The van der Waals surface area contributed by atoms with Crippen molar-refractivity contribution in [2.24, 2.45) is 7.05 Å². The highest BCUT2D eigenvalue weighted by molar-refractivity contribution is 6.03. The number of morpholine rings is 1. The van der Waals surface area contributed by atoms with Gasteiger partial charge in [0.15, 0.2) is 0 Å². The van der Waals surface area contributed by atoms with Gasteiger partial charge in [-0.3, -0.25) is 9.48 Å². The molecular formula is C21H22N4O2. The lowest BCUT2D eigenvalue weighted by Gasteiger charge is -2.24. The van der Waals surface area contributed by atoms with Crippen molar-refractivity contribution < 1.29 is 9.53 Å². The topological polar surface area (TPSA) is 68.2 Å². The Morgan fingerprint density at radius 2 is 1.96 bits per heavy atom. The van der Waals surface area contributed by atoms with Crippen LogP contribution in [0.15, 0.2) is 60.7 Å². The van der Waals surface area contributed by atoms with E-state index in [2.05, 4.69) is 15.7 Å². The second-order valence-electron chi connectivity index (χ2n) is 6.54. The van der Waals surface area contributed by atoms with E-state index in [1.54, 1.807) is 17.8 Å². The number of aromatic nitrogens is 2. The molecule has 0 saturated carbocycles. The quantitative estimate of drug-likeness (QED) is 0.749. The smallest absolute Gasteiger partial charge is 0.273 e. The molecule has 0 aliphatic carbocycles. The Morgan fingerprint density at radius 1 is 1.19 bits per heavy atom. The molecule has 0 bridgehead atoms. The normalized spacial score (nSPS) is 16.9. The van der Waals surface area contributed by atoms with Gasteiger partial charge in [0.05, 0.1) is 18.4 Å². The van der Waals surface area contributed by atoms with Gasteiger partial charge in [-0.15, -0.1) is 0 Å². The first-order valence-corrected chi connectivity index (χ1v) is 9.04.